The van der Waals surface area contributed by atoms with E-state index in [0.29, 0.717) is 0 Å². The molecular weight excluding hydrogens is 222 g/mol. The molecule has 0 atom stereocenters. The van der Waals surface area contributed by atoms with E-state index >= 15 is 0 Å². The van der Waals surface area contributed by atoms with Gasteiger partial charge in [-0.05, 0) is 43.5 Å². The third-order valence-corrected chi connectivity index (χ3v) is 3.38. The molecule has 0 saturated carbocycles. The summed E-state index contributed by atoms with van der Waals surface area (Å²) in [5.74, 6) is 0. The quantitative estimate of drug-likeness (QED) is 0.808. The normalized spacial score (nSPS) is 14.8. The molecule has 0 bridgehead atoms. The fourth-order valence-electron chi connectivity index (χ4n) is 2.43. The minimum Gasteiger partial charge on any atom is -0.370 e. The number of rotatable bonds is 5. The highest BCUT2D eigenvalue weighted by Crippen LogP contribution is 2.25. The fraction of sp³-hybridized carbons (Fsp3) is 0.533. The fourth-order valence-corrected chi connectivity index (χ4v) is 2.43. The van der Waals surface area contributed by atoms with Crippen LogP contribution in [-0.4, -0.2) is 19.6 Å². The largest absolute Gasteiger partial charge is 0.370 e. The zero-order valence-corrected chi connectivity index (χ0v) is 11.1. The van der Waals surface area contributed by atoms with Gasteiger partial charge in [0.25, 0.3) is 0 Å². The van der Waals surface area contributed by atoms with E-state index in [-0.39, 0.29) is 0 Å². The summed E-state index contributed by atoms with van der Waals surface area (Å²) in [6.07, 6.45) is 3.62. The van der Waals surface area contributed by atoms with Crippen molar-refractivity contribution < 1.29 is 0 Å². The van der Waals surface area contributed by atoms with Gasteiger partial charge in [-0.25, -0.2) is 0 Å². The van der Waals surface area contributed by atoms with E-state index in [2.05, 4.69) is 35.3 Å². The summed E-state index contributed by atoms with van der Waals surface area (Å²) in [7, 11) is 0. The Morgan fingerprint density at radius 3 is 2.78 bits per heavy atom. The second-order valence-corrected chi connectivity index (χ2v) is 4.83. The van der Waals surface area contributed by atoms with Gasteiger partial charge in [-0.2, -0.15) is 5.26 Å². The molecule has 1 aromatic rings. The van der Waals surface area contributed by atoms with E-state index in [9.17, 15) is 5.26 Å². The van der Waals surface area contributed by atoms with Crippen LogP contribution in [0.2, 0.25) is 0 Å². The van der Waals surface area contributed by atoms with E-state index in [4.69, 9.17) is 0 Å². The summed E-state index contributed by atoms with van der Waals surface area (Å²) in [6, 6.07) is 8.60. The minimum atomic E-state index is 0.813. The summed E-state index contributed by atoms with van der Waals surface area (Å²) in [4.78, 5) is 2.32. The second-order valence-electron chi connectivity index (χ2n) is 4.83. The van der Waals surface area contributed by atoms with Crippen molar-refractivity contribution in [1.82, 2.24) is 5.32 Å². The van der Waals surface area contributed by atoms with Gasteiger partial charge in [-0.1, -0.05) is 13.0 Å². The molecule has 1 heterocycles. The Balaban J connectivity index is 2.10. The maximum Gasteiger partial charge on any atom is 0.101 e. The maximum atomic E-state index is 9.28. The van der Waals surface area contributed by atoms with Gasteiger partial charge in [-0.3, -0.25) is 0 Å². The van der Waals surface area contributed by atoms with E-state index in [1.807, 2.05) is 6.07 Å². The molecule has 3 heteroatoms. The molecule has 0 unspecified atom stereocenters. The van der Waals surface area contributed by atoms with E-state index in [1.165, 1.54) is 18.4 Å². The third-order valence-electron chi connectivity index (χ3n) is 3.38. The molecule has 1 fully saturated rings. The van der Waals surface area contributed by atoms with Crippen LogP contribution in [0.15, 0.2) is 18.2 Å². The van der Waals surface area contributed by atoms with Crippen LogP contribution in [0.4, 0.5) is 5.69 Å². The van der Waals surface area contributed by atoms with Crippen LogP contribution in [0.1, 0.15) is 37.3 Å². The minimum absolute atomic E-state index is 0.813. The summed E-state index contributed by atoms with van der Waals surface area (Å²) in [6.45, 7) is 6.20. The Morgan fingerprint density at radius 1 is 1.33 bits per heavy atom. The monoisotopic (exact) mass is 243 g/mol. The van der Waals surface area contributed by atoms with Crippen LogP contribution < -0.4 is 10.2 Å². The van der Waals surface area contributed by atoms with E-state index < -0.39 is 0 Å². The van der Waals surface area contributed by atoms with E-state index in [1.54, 1.807) is 0 Å². The second kappa shape index (κ2) is 6.42. The molecular formula is C15H21N3. The third kappa shape index (κ3) is 3.02. The molecule has 0 spiro atoms. The lowest BCUT2D eigenvalue weighted by atomic mass is 10.1. The van der Waals surface area contributed by atoms with E-state index in [0.717, 1.165) is 43.9 Å². The van der Waals surface area contributed by atoms with Crippen molar-refractivity contribution in [2.45, 2.75) is 32.7 Å². The van der Waals surface area contributed by atoms with Crippen LogP contribution in [-0.2, 0) is 6.54 Å². The first-order valence-corrected chi connectivity index (χ1v) is 6.84. The summed E-state index contributed by atoms with van der Waals surface area (Å²) < 4.78 is 0. The average molecular weight is 243 g/mol. The number of nitrogens with zero attached hydrogens (tertiary/aromatic N) is 2. The van der Waals surface area contributed by atoms with Crippen molar-refractivity contribution in [2.24, 2.45) is 0 Å². The van der Waals surface area contributed by atoms with Gasteiger partial charge in [0.2, 0.25) is 0 Å². The lowest BCUT2D eigenvalue weighted by Gasteiger charge is -2.19. The Bertz CT molecular complexity index is 428. The molecule has 1 N–H and O–H groups in total. The number of nitriles is 1. The molecule has 3 nitrogen and oxygen atoms in total. The lowest BCUT2D eigenvalue weighted by molar-refractivity contribution is 0.675. The van der Waals surface area contributed by atoms with Gasteiger partial charge < -0.3 is 10.2 Å². The van der Waals surface area contributed by atoms with Crippen molar-refractivity contribution in [3.8, 4) is 6.07 Å². The Labute approximate surface area is 109 Å². The van der Waals surface area contributed by atoms with Crippen molar-refractivity contribution >= 4 is 5.69 Å². The first-order valence-electron chi connectivity index (χ1n) is 6.84. The number of hydrogen-bond acceptors (Lipinski definition) is 3. The molecule has 0 amide bonds. The van der Waals surface area contributed by atoms with Gasteiger partial charge in [0, 0.05) is 19.6 Å². The molecule has 0 aromatic heterocycles. The van der Waals surface area contributed by atoms with Gasteiger partial charge in [0.05, 0.1) is 11.3 Å². The summed E-state index contributed by atoms with van der Waals surface area (Å²) >= 11 is 0. The van der Waals surface area contributed by atoms with Crippen LogP contribution in [0, 0.1) is 11.3 Å². The predicted molar refractivity (Wildman–Crippen MR) is 74.6 cm³/mol. The highest BCUT2D eigenvalue weighted by molar-refractivity contribution is 5.60. The Kier molecular flexibility index (Phi) is 4.60. The van der Waals surface area contributed by atoms with Gasteiger partial charge >= 0.3 is 0 Å². The van der Waals surface area contributed by atoms with Crippen LogP contribution in [0.3, 0.4) is 0 Å². The molecule has 1 aliphatic rings. The standard InChI is InChI=1S/C15H21N3/c1-2-7-17-12-13-5-6-15(14(10-13)11-16)18-8-3-4-9-18/h5-6,10,17H,2-4,7-9,12H2,1H3. The van der Waals surface area contributed by atoms with Gasteiger partial charge in [0.15, 0.2) is 0 Å². The van der Waals surface area contributed by atoms with Crippen molar-refractivity contribution in [2.75, 3.05) is 24.5 Å². The summed E-state index contributed by atoms with van der Waals surface area (Å²) in [5.41, 5.74) is 3.12. The molecule has 1 saturated heterocycles. The van der Waals surface area contributed by atoms with Gasteiger partial charge in [-0.15, -0.1) is 0 Å². The smallest absolute Gasteiger partial charge is 0.101 e. The molecule has 0 aliphatic carbocycles. The highest BCUT2D eigenvalue weighted by atomic mass is 15.1. The summed E-state index contributed by atoms with van der Waals surface area (Å²) in [5, 5.41) is 12.6. The first kappa shape index (κ1) is 12.9. The molecule has 2 rings (SSSR count). The first-order chi connectivity index (χ1) is 8.85. The van der Waals surface area contributed by atoms with Crippen molar-refractivity contribution in [3.63, 3.8) is 0 Å². The SMILES string of the molecule is CCCNCc1ccc(N2CCCC2)c(C#N)c1. The van der Waals surface area contributed by atoms with Crippen molar-refractivity contribution in [1.29, 1.82) is 5.26 Å². The molecule has 96 valence electrons. The van der Waals surface area contributed by atoms with Gasteiger partial charge in [0.1, 0.15) is 6.07 Å². The van der Waals surface area contributed by atoms with Crippen LogP contribution >= 0.6 is 0 Å². The average Bonchev–Trinajstić information content (AvgIpc) is 2.92. The highest BCUT2D eigenvalue weighted by Gasteiger charge is 2.15. The zero-order valence-electron chi connectivity index (χ0n) is 11.1. The Hall–Kier alpha value is -1.53. The lowest BCUT2D eigenvalue weighted by Crippen LogP contribution is -2.19. The number of anilines is 1. The topological polar surface area (TPSA) is 39.1 Å². The number of hydrogen-bond donors (Lipinski definition) is 1. The predicted octanol–water partition coefficient (Wildman–Crippen LogP) is 2.66. The zero-order chi connectivity index (χ0) is 12.8. The van der Waals surface area contributed by atoms with Crippen molar-refractivity contribution in [3.05, 3.63) is 29.3 Å². The molecule has 18 heavy (non-hydrogen) atoms. The van der Waals surface area contributed by atoms with Crippen LogP contribution in [0.5, 0.6) is 0 Å². The Morgan fingerprint density at radius 2 is 2.11 bits per heavy atom. The molecule has 1 aromatic carbocycles. The number of benzene rings is 1. The maximum absolute atomic E-state index is 9.28. The molecule has 1 aliphatic heterocycles. The molecule has 0 radical (unpaired) electrons. The number of nitrogens with one attached hydrogen (secondary N) is 1. The van der Waals surface area contributed by atoms with Crippen LogP contribution in [0.25, 0.3) is 0 Å².